The summed E-state index contributed by atoms with van der Waals surface area (Å²) in [6.45, 7) is 3.97. The van der Waals surface area contributed by atoms with E-state index >= 15 is 0 Å². The van der Waals surface area contributed by atoms with Crippen LogP contribution >= 0.6 is 0 Å². The molecule has 7 atom stereocenters. The van der Waals surface area contributed by atoms with Gasteiger partial charge < -0.3 is 45.1 Å². The van der Waals surface area contributed by atoms with E-state index in [0.717, 1.165) is 70.6 Å². The van der Waals surface area contributed by atoms with E-state index in [1.807, 2.05) is 31.2 Å². The van der Waals surface area contributed by atoms with E-state index in [1.165, 1.54) is 96.3 Å². The van der Waals surface area contributed by atoms with Crippen molar-refractivity contribution in [3.8, 4) is 0 Å². The number of carbonyl (C=O) groups is 2. The van der Waals surface area contributed by atoms with Crippen LogP contribution in [0.1, 0.15) is 206 Å². The molecule has 0 aromatic carbocycles. The van der Waals surface area contributed by atoms with Crippen molar-refractivity contribution in [2.45, 2.75) is 249 Å². The summed E-state index contributed by atoms with van der Waals surface area (Å²) in [7, 11) is 0. The van der Waals surface area contributed by atoms with Gasteiger partial charge in [0.25, 0.3) is 0 Å². The molecule has 0 spiro atoms. The van der Waals surface area contributed by atoms with Crippen LogP contribution in [0.2, 0.25) is 0 Å². The van der Waals surface area contributed by atoms with Crippen molar-refractivity contribution in [3.05, 3.63) is 60.8 Å². The number of aliphatic hydroxyl groups excluding tert-OH is 5. The molecule has 1 heterocycles. The van der Waals surface area contributed by atoms with Crippen molar-refractivity contribution >= 4 is 11.9 Å². The molecule has 0 aromatic heterocycles. The van der Waals surface area contributed by atoms with E-state index < -0.39 is 49.5 Å². The van der Waals surface area contributed by atoms with E-state index in [1.54, 1.807) is 6.08 Å². The highest BCUT2D eigenvalue weighted by Gasteiger charge is 2.44. The number of rotatable bonds is 43. The van der Waals surface area contributed by atoms with Crippen LogP contribution in [0, 0.1) is 0 Å². The normalized spacial score (nSPS) is 20.3. The molecule has 65 heavy (non-hydrogen) atoms. The molecule has 0 aliphatic carbocycles. The maximum atomic E-state index is 12.9. The molecule has 0 aromatic rings. The van der Waals surface area contributed by atoms with Gasteiger partial charge in [0.2, 0.25) is 5.91 Å². The molecule has 1 saturated heterocycles. The van der Waals surface area contributed by atoms with E-state index in [4.69, 9.17) is 14.2 Å². The molecular formula is C54H95NO10. The number of carbonyl (C=O) groups excluding carboxylic acids is 2. The molecule has 11 heteroatoms. The second-order valence-corrected chi connectivity index (χ2v) is 17.9. The van der Waals surface area contributed by atoms with Crippen molar-refractivity contribution in [1.29, 1.82) is 0 Å². The van der Waals surface area contributed by atoms with Gasteiger partial charge in [-0.15, -0.1) is 0 Å². The van der Waals surface area contributed by atoms with E-state index in [-0.39, 0.29) is 24.9 Å². The molecule has 7 unspecified atom stereocenters. The molecule has 11 nitrogen and oxygen atoms in total. The summed E-state index contributed by atoms with van der Waals surface area (Å²) < 4.78 is 16.6. The number of unbranched alkanes of at least 4 members (excludes halogenated alkanes) is 22. The zero-order valence-corrected chi connectivity index (χ0v) is 40.9. The fourth-order valence-electron chi connectivity index (χ4n) is 7.76. The smallest absolute Gasteiger partial charge is 0.305 e. The Hall–Kier alpha value is -2.64. The largest absolute Gasteiger partial charge is 0.466 e. The van der Waals surface area contributed by atoms with Crippen molar-refractivity contribution in [2.75, 3.05) is 19.8 Å². The summed E-state index contributed by atoms with van der Waals surface area (Å²) >= 11 is 0. The topological polar surface area (TPSA) is 175 Å². The number of nitrogens with one attached hydrogen (secondary N) is 1. The van der Waals surface area contributed by atoms with E-state index in [9.17, 15) is 35.1 Å². The van der Waals surface area contributed by atoms with Crippen LogP contribution in [0.15, 0.2) is 60.8 Å². The average molecular weight is 918 g/mol. The van der Waals surface area contributed by atoms with Gasteiger partial charge in [-0.2, -0.15) is 0 Å². The lowest BCUT2D eigenvalue weighted by atomic mass is 9.99. The molecule has 6 N–H and O–H groups in total. The van der Waals surface area contributed by atoms with Crippen molar-refractivity contribution < 1.29 is 49.3 Å². The van der Waals surface area contributed by atoms with E-state index in [2.05, 4.69) is 42.6 Å². The highest BCUT2D eigenvalue weighted by Crippen LogP contribution is 2.22. The minimum absolute atomic E-state index is 0.0397. The Morgan fingerprint density at radius 3 is 1.72 bits per heavy atom. The monoisotopic (exact) mass is 918 g/mol. The Balaban J connectivity index is 2.17. The molecule has 0 saturated carbocycles. The van der Waals surface area contributed by atoms with Gasteiger partial charge in [-0.1, -0.05) is 183 Å². The van der Waals surface area contributed by atoms with Crippen molar-refractivity contribution in [3.63, 3.8) is 0 Å². The highest BCUT2D eigenvalue weighted by molar-refractivity contribution is 5.76. The maximum absolute atomic E-state index is 12.9. The quantitative estimate of drug-likeness (QED) is 0.0196. The Bertz CT molecular complexity index is 1270. The third-order valence-electron chi connectivity index (χ3n) is 11.9. The van der Waals surface area contributed by atoms with E-state index in [0.29, 0.717) is 25.9 Å². The number of ether oxygens (including phenoxy) is 3. The van der Waals surface area contributed by atoms with Gasteiger partial charge in [0.1, 0.15) is 24.4 Å². The molecule has 1 amide bonds. The van der Waals surface area contributed by atoms with Gasteiger partial charge in [0.05, 0.1) is 32.0 Å². The SMILES string of the molecule is C/C=C/CC/C=C/CC/C=C/C(O)C(COC1OC(CO)C(O)C(O)C1O)NC(=O)CC/C=C\C/C=C\CCCCCCCCOC(=O)CCCCCCCCCCCCCCCCC. The van der Waals surface area contributed by atoms with Gasteiger partial charge in [0.15, 0.2) is 6.29 Å². The Labute approximate surface area is 395 Å². The first-order valence-electron chi connectivity index (χ1n) is 26.0. The highest BCUT2D eigenvalue weighted by atomic mass is 16.7. The van der Waals surface area contributed by atoms with Gasteiger partial charge in [-0.05, 0) is 71.1 Å². The fourth-order valence-corrected chi connectivity index (χ4v) is 7.76. The molecule has 1 fully saturated rings. The lowest BCUT2D eigenvalue weighted by molar-refractivity contribution is -0.302. The standard InChI is InChI=1S/C54H95NO10/c1-3-5-7-9-11-13-14-15-16-19-22-26-30-34-38-42-50(59)63-43-39-35-31-27-23-20-17-18-21-25-29-33-37-41-49(58)55-46(47(57)40-36-32-28-24-12-10-8-6-4-2)45-64-54-53(62)52(61)51(60)48(44-56)65-54/h4,6,12,18,21,24,29,33,36,40,46-48,51-54,56-57,60-62H,3,5,7-11,13-17,19-20,22-23,25-28,30-32,34-35,37-39,41-45H2,1-2H3,(H,55,58)/b6-4+,21-18-,24-12+,33-29-,40-36+. The van der Waals surface area contributed by atoms with Crippen LogP contribution in [0.3, 0.4) is 0 Å². The van der Waals surface area contributed by atoms with Crippen LogP contribution in [-0.2, 0) is 23.8 Å². The van der Waals surface area contributed by atoms with Crippen LogP contribution in [0.25, 0.3) is 0 Å². The summed E-state index contributed by atoms with van der Waals surface area (Å²) in [6.07, 6.45) is 44.9. The Morgan fingerprint density at radius 1 is 0.600 bits per heavy atom. The van der Waals surface area contributed by atoms with Gasteiger partial charge >= 0.3 is 5.97 Å². The number of allylic oxidation sites excluding steroid dienone is 9. The lowest BCUT2D eigenvalue weighted by Crippen LogP contribution is -2.60. The summed E-state index contributed by atoms with van der Waals surface area (Å²) in [5, 5.41) is 53.9. The fraction of sp³-hybridized carbons (Fsp3) is 0.778. The molecule has 1 aliphatic heterocycles. The predicted molar refractivity (Wildman–Crippen MR) is 264 cm³/mol. The molecule has 0 radical (unpaired) electrons. The molecule has 376 valence electrons. The first-order chi connectivity index (χ1) is 31.7. The van der Waals surface area contributed by atoms with Crippen LogP contribution in [-0.4, -0.2) is 100 Å². The van der Waals surface area contributed by atoms with Gasteiger partial charge in [-0.3, -0.25) is 9.59 Å². The molecule has 1 rings (SSSR count). The Kier molecular flexibility index (Phi) is 40.8. The minimum Gasteiger partial charge on any atom is -0.466 e. The van der Waals surface area contributed by atoms with Crippen LogP contribution in [0.4, 0.5) is 0 Å². The third kappa shape index (κ3) is 34.3. The van der Waals surface area contributed by atoms with Gasteiger partial charge in [0, 0.05) is 12.8 Å². The minimum atomic E-state index is -1.60. The zero-order valence-electron chi connectivity index (χ0n) is 40.9. The third-order valence-corrected chi connectivity index (χ3v) is 11.9. The number of esters is 1. The van der Waals surface area contributed by atoms with Crippen molar-refractivity contribution in [2.24, 2.45) is 0 Å². The summed E-state index contributed by atoms with van der Waals surface area (Å²) in [6, 6.07) is -0.877. The first kappa shape index (κ1) is 60.4. The number of hydrogen-bond acceptors (Lipinski definition) is 10. The maximum Gasteiger partial charge on any atom is 0.305 e. The number of aliphatic hydroxyl groups is 5. The molecule has 1 aliphatic rings. The Morgan fingerprint density at radius 2 is 1.12 bits per heavy atom. The number of hydrogen-bond donors (Lipinski definition) is 6. The average Bonchev–Trinajstić information content (AvgIpc) is 3.30. The number of amides is 1. The van der Waals surface area contributed by atoms with Crippen LogP contribution < -0.4 is 5.32 Å². The molecule has 0 bridgehead atoms. The molecular weight excluding hydrogens is 823 g/mol. The summed E-state index contributed by atoms with van der Waals surface area (Å²) in [5.41, 5.74) is 0. The summed E-state index contributed by atoms with van der Waals surface area (Å²) in [4.78, 5) is 25.0. The first-order valence-corrected chi connectivity index (χ1v) is 26.0. The lowest BCUT2D eigenvalue weighted by Gasteiger charge is -2.40. The second kappa shape index (κ2) is 43.9. The zero-order chi connectivity index (χ0) is 47.4. The van der Waals surface area contributed by atoms with Gasteiger partial charge in [-0.25, -0.2) is 0 Å². The van der Waals surface area contributed by atoms with Crippen molar-refractivity contribution in [1.82, 2.24) is 5.32 Å². The summed E-state index contributed by atoms with van der Waals surface area (Å²) in [5.74, 6) is -0.321. The van der Waals surface area contributed by atoms with Crippen LogP contribution in [0.5, 0.6) is 0 Å². The second-order valence-electron chi connectivity index (χ2n) is 17.9. The predicted octanol–water partition coefficient (Wildman–Crippen LogP) is 10.7.